The summed E-state index contributed by atoms with van der Waals surface area (Å²) in [6.45, 7) is 2.01. The zero-order valence-corrected chi connectivity index (χ0v) is 11.7. The Kier molecular flexibility index (Phi) is 3.98. The highest BCUT2D eigenvalue weighted by molar-refractivity contribution is 7.13. The maximum atomic E-state index is 12.1. The van der Waals surface area contributed by atoms with E-state index in [1.54, 1.807) is 17.8 Å². The van der Waals surface area contributed by atoms with Crippen LogP contribution in [0, 0.1) is 0 Å². The first-order valence-electron chi connectivity index (χ1n) is 6.57. The van der Waals surface area contributed by atoms with E-state index in [9.17, 15) is 4.79 Å². The second-order valence-corrected chi connectivity index (χ2v) is 5.52. The summed E-state index contributed by atoms with van der Waals surface area (Å²) in [5, 5.41) is 14.1. The van der Waals surface area contributed by atoms with Gasteiger partial charge in [-0.3, -0.25) is 15.1 Å². The van der Waals surface area contributed by atoms with Gasteiger partial charge in [0.05, 0.1) is 0 Å². The molecule has 7 heteroatoms. The molecule has 0 atom stereocenters. The molecule has 3 rings (SSSR count). The van der Waals surface area contributed by atoms with Crippen molar-refractivity contribution in [3.05, 3.63) is 35.1 Å². The summed E-state index contributed by atoms with van der Waals surface area (Å²) in [7, 11) is 0. The summed E-state index contributed by atoms with van der Waals surface area (Å²) < 4.78 is 0. The molecule has 1 aliphatic rings. The van der Waals surface area contributed by atoms with Gasteiger partial charge in [0.2, 0.25) is 5.13 Å². The van der Waals surface area contributed by atoms with Crippen molar-refractivity contribution in [3.8, 4) is 0 Å². The van der Waals surface area contributed by atoms with E-state index in [0.717, 1.165) is 31.6 Å². The van der Waals surface area contributed by atoms with E-state index in [1.807, 2.05) is 6.07 Å². The highest BCUT2D eigenvalue weighted by atomic mass is 32.1. The molecular formula is C13H15N5OS. The smallest absolute Gasteiger partial charge is 0.257 e. The van der Waals surface area contributed by atoms with Crippen LogP contribution in [0.2, 0.25) is 0 Å². The van der Waals surface area contributed by atoms with Crippen LogP contribution in [0.15, 0.2) is 23.8 Å². The van der Waals surface area contributed by atoms with Crippen molar-refractivity contribution in [2.75, 3.05) is 18.4 Å². The first kappa shape index (κ1) is 13.1. The number of hydrogen-bond acceptors (Lipinski definition) is 6. The normalized spacial score (nSPS) is 16.0. The van der Waals surface area contributed by atoms with Gasteiger partial charge in [-0.15, -0.1) is 10.2 Å². The second kappa shape index (κ2) is 6.06. The number of anilines is 1. The molecule has 3 heterocycles. The maximum absolute atomic E-state index is 12.1. The zero-order valence-electron chi connectivity index (χ0n) is 10.9. The highest BCUT2D eigenvalue weighted by Gasteiger charge is 2.18. The topological polar surface area (TPSA) is 79.8 Å². The monoisotopic (exact) mass is 289 g/mol. The molecule has 0 aromatic carbocycles. The van der Waals surface area contributed by atoms with Crippen LogP contribution >= 0.6 is 11.3 Å². The first-order valence-corrected chi connectivity index (χ1v) is 7.45. The summed E-state index contributed by atoms with van der Waals surface area (Å²) in [5.41, 5.74) is 3.20. The fourth-order valence-corrected chi connectivity index (χ4v) is 2.77. The molecule has 0 spiro atoms. The molecule has 1 saturated heterocycles. The van der Waals surface area contributed by atoms with Gasteiger partial charge in [0.15, 0.2) is 0 Å². The van der Waals surface area contributed by atoms with Crippen molar-refractivity contribution in [3.63, 3.8) is 0 Å². The Morgan fingerprint density at radius 1 is 1.40 bits per heavy atom. The Labute approximate surface area is 120 Å². The van der Waals surface area contributed by atoms with E-state index < -0.39 is 0 Å². The Morgan fingerprint density at radius 2 is 2.25 bits per heavy atom. The molecule has 1 amide bonds. The number of nitrogens with one attached hydrogen (secondary N) is 2. The van der Waals surface area contributed by atoms with Crippen molar-refractivity contribution in [1.82, 2.24) is 20.5 Å². The molecule has 0 radical (unpaired) electrons. The van der Waals surface area contributed by atoms with Crippen molar-refractivity contribution < 1.29 is 4.79 Å². The third kappa shape index (κ3) is 3.00. The van der Waals surface area contributed by atoms with Crippen LogP contribution in [0.1, 0.15) is 34.8 Å². The van der Waals surface area contributed by atoms with Gasteiger partial charge in [-0.2, -0.15) is 0 Å². The van der Waals surface area contributed by atoms with Gasteiger partial charge in [-0.25, -0.2) is 0 Å². The summed E-state index contributed by atoms with van der Waals surface area (Å²) in [6.07, 6.45) is 3.83. The summed E-state index contributed by atoms with van der Waals surface area (Å²) in [6, 6.07) is 3.60. The number of carbonyl (C=O) groups excluding carboxylic acids is 1. The molecule has 2 aromatic heterocycles. The molecule has 0 bridgehead atoms. The van der Waals surface area contributed by atoms with Crippen molar-refractivity contribution in [2.24, 2.45) is 0 Å². The molecular weight excluding hydrogens is 274 g/mol. The van der Waals surface area contributed by atoms with Crippen LogP contribution < -0.4 is 10.6 Å². The standard InChI is InChI=1S/C13H15N5OS/c19-12(17-13-18-16-8-20-13)10-3-6-15-11(7-10)9-1-4-14-5-2-9/h3,6-9,14H,1-2,4-5H2,(H,17,18,19). The third-order valence-corrected chi connectivity index (χ3v) is 3.99. The van der Waals surface area contributed by atoms with Crippen LogP contribution in [-0.4, -0.2) is 34.2 Å². The average molecular weight is 289 g/mol. The lowest BCUT2D eigenvalue weighted by Gasteiger charge is -2.22. The van der Waals surface area contributed by atoms with E-state index in [2.05, 4.69) is 25.8 Å². The minimum Gasteiger partial charge on any atom is -0.317 e. The van der Waals surface area contributed by atoms with E-state index in [0.29, 0.717) is 16.6 Å². The van der Waals surface area contributed by atoms with Crippen molar-refractivity contribution >= 4 is 22.4 Å². The van der Waals surface area contributed by atoms with E-state index in [4.69, 9.17) is 0 Å². The zero-order chi connectivity index (χ0) is 13.8. The van der Waals surface area contributed by atoms with E-state index in [-0.39, 0.29) is 5.91 Å². The Morgan fingerprint density at radius 3 is 3.00 bits per heavy atom. The van der Waals surface area contributed by atoms with Crippen LogP contribution in [-0.2, 0) is 0 Å². The van der Waals surface area contributed by atoms with Crippen LogP contribution in [0.4, 0.5) is 5.13 Å². The van der Waals surface area contributed by atoms with Crippen LogP contribution in [0.5, 0.6) is 0 Å². The fourth-order valence-electron chi connectivity index (χ4n) is 2.33. The lowest BCUT2D eigenvalue weighted by Crippen LogP contribution is -2.27. The van der Waals surface area contributed by atoms with Gasteiger partial charge < -0.3 is 5.32 Å². The maximum Gasteiger partial charge on any atom is 0.257 e. The largest absolute Gasteiger partial charge is 0.317 e. The van der Waals surface area contributed by atoms with Crippen molar-refractivity contribution in [2.45, 2.75) is 18.8 Å². The van der Waals surface area contributed by atoms with Gasteiger partial charge in [-0.05, 0) is 38.1 Å². The fraction of sp³-hybridized carbons (Fsp3) is 0.385. The lowest BCUT2D eigenvalue weighted by molar-refractivity contribution is 0.102. The predicted molar refractivity (Wildman–Crippen MR) is 76.9 cm³/mol. The Hall–Kier alpha value is -1.86. The Balaban J connectivity index is 1.74. The first-order chi connectivity index (χ1) is 9.83. The predicted octanol–water partition coefficient (Wildman–Crippen LogP) is 1.65. The number of aromatic nitrogens is 3. The van der Waals surface area contributed by atoms with Gasteiger partial charge in [0, 0.05) is 23.4 Å². The van der Waals surface area contributed by atoms with Gasteiger partial charge in [0.25, 0.3) is 5.91 Å². The number of carbonyl (C=O) groups is 1. The minimum absolute atomic E-state index is 0.167. The molecule has 0 unspecified atom stereocenters. The van der Waals surface area contributed by atoms with E-state index >= 15 is 0 Å². The molecule has 1 fully saturated rings. The van der Waals surface area contributed by atoms with Gasteiger partial charge >= 0.3 is 0 Å². The number of amides is 1. The summed E-state index contributed by atoms with van der Waals surface area (Å²) >= 11 is 1.30. The summed E-state index contributed by atoms with van der Waals surface area (Å²) in [4.78, 5) is 16.5. The third-order valence-electron chi connectivity index (χ3n) is 3.38. The van der Waals surface area contributed by atoms with Crippen molar-refractivity contribution in [1.29, 1.82) is 0 Å². The van der Waals surface area contributed by atoms with Gasteiger partial charge in [0.1, 0.15) is 5.51 Å². The van der Waals surface area contributed by atoms with Crippen LogP contribution in [0.3, 0.4) is 0 Å². The number of hydrogen-bond donors (Lipinski definition) is 2. The molecule has 104 valence electrons. The summed E-state index contributed by atoms with van der Waals surface area (Å²) in [5.74, 6) is 0.268. The number of pyridine rings is 1. The van der Waals surface area contributed by atoms with E-state index in [1.165, 1.54) is 11.3 Å². The van der Waals surface area contributed by atoms with Gasteiger partial charge in [-0.1, -0.05) is 11.3 Å². The number of nitrogens with zero attached hydrogens (tertiary/aromatic N) is 3. The molecule has 1 aliphatic heterocycles. The molecule has 0 aliphatic carbocycles. The average Bonchev–Trinajstić information content (AvgIpc) is 3.01. The molecule has 0 saturated carbocycles. The molecule has 6 nitrogen and oxygen atoms in total. The molecule has 2 aromatic rings. The molecule has 20 heavy (non-hydrogen) atoms. The second-order valence-electron chi connectivity index (χ2n) is 4.69. The number of piperidine rings is 1. The number of rotatable bonds is 3. The quantitative estimate of drug-likeness (QED) is 0.898. The lowest BCUT2D eigenvalue weighted by atomic mass is 9.93. The van der Waals surface area contributed by atoms with Crippen LogP contribution in [0.25, 0.3) is 0 Å². The Bertz CT molecular complexity index is 580. The SMILES string of the molecule is O=C(Nc1nncs1)c1ccnc(C2CCNCC2)c1. The molecule has 2 N–H and O–H groups in total. The minimum atomic E-state index is -0.167. The highest BCUT2D eigenvalue weighted by Crippen LogP contribution is 2.24.